The highest BCUT2D eigenvalue weighted by Crippen LogP contribution is 2.62. The van der Waals surface area contributed by atoms with Crippen molar-refractivity contribution in [2.24, 2.45) is 0 Å². The van der Waals surface area contributed by atoms with Crippen LogP contribution in [0.2, 0.25) is 0 Å². The molecule has 270 valence electrons. The van der Waals surface area contributed by atoms with Crippen molar-refractivity contribution in [1.82, 2.24) is 5.32 Å². The van der Waals surface area contributed by atoms with E-state index in [1.807, 2.05) is 41.8 Å². The van der Waals surface area contributed by atoms with Gasteiger partial charge >= 0.3 is 41.7 Å². The number of carbonyl (C=O) groups excluding carboxylic acids is 1. The monoisotopic (exact) mass is 797 g/mol. The zero-order valence-electron chi connectivity index (χ0n) is 23.7. The summed E-state index contributed by atoms with van der Waals surface area (Å²) >= 11 is 6.04. The number of hydrogen-bond acceptors (Lipinski definition) is 5. The molecule has 4 aromatic heterocycles. The van der Waals surface area contributed by atoms with Crippen LogP contribution in [0, 0.1) is 0 Å². The van der Waals surface area contributed by atoms with Gasteiger partial charge in [0.05, 0.1) is 6.54 Å². The van der Waals surface area contributed by atoms with Crippen LogP contribution in [-0.4, -0.2) is 54.2 Å². The van der Waals surface area contributed by atoms with Crippen LogP contribution in [0.15, 0.2) is 53.9 Å². The summed E-state index contributed by atoms with van der Waals surface area (Å²) in [5.74, 6) is -48.6. The number of thiophene rings is 4. The topological polar surface area (TPSA) is 29.1 Å². The molecule has 1 amide bonds. The molecule has 4 heterocycles. The molecule has 0 saturated carbocycles. The van der Waals surface area contributed by atoms with Crippen molar-refractivity contribution in [2.75, 3.05) is 6.54 Å². The van der Waals surface area contributed by atoms with E-state index in [0.29, 0.717) is 4.88 Å². The molecule has 0 fully saturated rings. The number of nitrogens with one attached hydrogen (secondary N) is 1. The summed E-state index contributed by atoms with van der Waals surface area (Å²) in [6, 6.07) is 15.2. The molecule has 0 aliphatic rings. The molecule has 0 radical (unpaired) electrons. The van der Waals surface area contributed by atoms with Gasteiger partial charge in [-0.1, -0.05) is 6.07 Å². The first kappa shape index (κ1) is 39.0. The van der Waals surface area contributed by atoms with Gasteiger partial charge in [-0.15, -0.1) is 45.3 Å². The summed E-state index contributed by atoms with van der Waals surface area (Å²) in [5.41, 5.74) is 0. The van der Waals surface area contributed by atoms with Crippen molar-refractivity contribution < 1.29 is 70.7 Å². The summed E-state index contributed by atoms with van der Waals surface area (Å²) in [5, 5.41) is 3.00. The van der Waals surface area contributed by atoms with Gasteiger partial charge in [-0.25, -0.2) is 0 Å². The van der Waals surface area contributed by atoms with Crippen molar-refractivity contribution in [3.8, 4) is 29.3 Å². The van der Waals surface area contributed by atoms with Gasteiger partial charge in [-0.3, -0.25) is 4.79 Å². The summed E-state index contributed by atoms with van der Waals surface area (Å²) in [4.78, 5) is 18.6. The highest BCUT2D eigenvalue weighted by Gasteiger charge is 2.93. The lowest BCUT2D eigenvalue weighted by molar-refractivity contribution is -0.451. The molecule has 0 bridgehead atoms. The molecule has 4 aromatic rings. The van der Waals surface area contributed by atoms with E-state index in [0.717, 1.165) is 34.6 Å². The maximum Gasteiger partial charge on any atom is 0.460 e. The third-order valence-electron chi connectivity index (χ3n) is 6.85. The lowest BCUT2D eigenvalue weighted by Crippen LogP contribution is -2.73. The summed E-state index contributed by atoms with van der Waals surface area (Å²) < 4.78 is 200. The molecule has 21 heteroatoms. The smallest absolute Gasteiger partial charge is 0.350 e. The molecule has 4 rings (SSSR count). The van der Waals surface area contributed by atoms with E-state index in [4.69, 9.17) is 0 Å². The number of alkyl halides is 15. The van der Waals surface area contributed by atoms with Gasteiger partial charge in [0.1, 0.15) is 0 Å². The van der Waals surface area contributed by atoms with E-state index in [9.17, 15) is 70.7 Å². The molecular formula is C28H18F15NOS4. The summed E-state index contributed by atoms with van der Waals surface area (Å²) in [6.45, 7) is -2.88. The number of halogens is 15. The maximum absolute atomic E-state index is 14.0. The molecule has 0 spiro atoms. The average molecular weight is 798 g/mol. The zero-order chi connectivity index (χ0) is 36.8. The third kappa shape index (κ3) is 7.08. The molecule has 0 saturated heterocycles. The predicted molar refractivity (Wildman–Crippen MR) is 156 cm³/mol. The Morgan fingerprint density at radius 2 is 1.00 bits per heavy atom. The molecule has 0 atom stereocenters. The Bertz CT molecular complexity index is 1740. The van der Waals surface area contributed by atoms with Gasteiger partial charge in [0, 0.05) is 40.6 Å². The minimum absolute atomic E-state index is 0.128. The Balaban J connectivity index is 1.32. The molecule has 49 heavy (non-hydrogen) atoms. The van der Waals surface area contributed by atoms with E-state index in [1.54, 1.807) is 34.8 Å². The number of carbonyl (C=O) groups is 1. The van der Waals surface area contributed by atoms with E-state index < -0.39 is 60.6 Å². The summed E-state index contributed by atoms with van der Waals surface area (Å²) in [6.07, 6.45) is -8.37. The Labute approximate surface area is 282 Å². The van der Waals surface area contributed by atoms with Gasteiger partial charge in [0.25, 0.3) is 0 Å². The Hall–Kier alpha value is -2.78. The number of amides is 1. The Kier molecular flexibility index (Phi) is 10.7. The van der Waals surface area contributed by atoms with Crippen LogP contribution in [0.1, 0.15) is 17.7 Å². The van der Waals surface area contributed by atoms with Crippen molar-refractivity contribution in [3.63, 3.8) is 0 Å². The minimum Gasteiger partial charge on any atom is -0.350 e. The maximum atomic E-state index is 14.0. The van der Waals surface area contributed by atoms with Crippen LogP contribution >= 0.6 is 45.3 Å². The van der Waals surface area contributed by atoms with Crippen LogP contribution < -0.4 is 5.32 Å². The SMILES string of the molecule is O=C(CCCc1ccc(-c2ccc(-c3ccc(-c4cccs4)s3)s2)s1)NCC(F)(F)C(F)(F)C(F)(F)C(F)(F)C(F)(F)C(F)(F)C(F)(F)F. The van der Waals surface area contributed by atoms with Crippen LogP contribution in [-0.2, 0) is 11.2 Å². The third-order valence-corrected chi connectivity index (χ3v) is 11.6. The number of rotatable bonds is 14. The molecule has 0 aromatic carbocycles. The van der Waals surface area contributed by atoms with Crippen molar-refractivity contribution in [3.05, 3.63) is 58.8 Å². The predicted octanol–water partition coefficient (Wildman–Crippen LogP) is 11.7. The van der Waals surface area contributed by atoms with Crippen LogP contribution in [0.25, 0.3) is 29.3 Å². The fourth-order valence-electron chi connectivity index (χ4n) is 4.10. The standard InChI is InChI=1S/C28H18F15NOS4/c29-22(30,23(31,32)24(33,34)25(35,36)26(37,38)27(39,40)28(41,42)43)13-44-21(45)5-1-3-14-6-7-17(47-14)18-10-11-20(49-18)19-9-8-16(48-19)15-4-2-12-46-15/h2,4,6-12H,1,3,5,13H2,(H,44,45). The average Bonchev–Trinajstić information content (AvgIpc) is 3.81. The molecular weight excluding hydrogens is 780 g/mol. The molecule has 1 N–H and O–H groups in total. The van der Waals surface area contributed by atoms with Crippen LogP contribution in [0.3, 0.4) is 0 Å². The Morgan fingerprint density at radius 1 is 0.551 bits per heavy atom. The van der Waals surface area contributed by atoms with Crippen molar-refractivity contribution >= 4 is 51.3 Å². The van der Waals surface area contributed by atoms with Crippen LogP contribution in [0.4, 0.5) is 65.9 Å². The van der Waals surface area contributed by atoms with Crippen LogP contribution in [0.5, 0.6) is 0 Å². The quantitative estimate of drug-likeness (QED) is 0.127. The molecule has 2 nitrogen and oxygen atoms in total. The van der Waals surface area contributed by atoms with Crippen molar-refractivity contribution in [2.45, 2.75) is 61.0 Å². The first-order valence-corrected chi connectivity index (χ1v) is 16.6. The molecule has 0 aliphatic carbocycles. The van der Waals surface area contributed by atoms with Crippen molar-refractivity contribution in [1.29, 1.82) is 0 Å². The van der Waals surface area contributed by atoms with Gasteiger partial charge in [0.2, 0.25) is 5.91 Å². The minimum atomic E-state index is -8.36. The summed E-state index contributed by atoms with van der Waals surface area (Å²) in [7, 11) is 0. The lowest BCUT2D eigenvalue weighted by Gasteiger charge is -2.41. The lowest BCUT2D eigenvalue weighted by atomic mass is 9.91. The zero-order valence-corrected chi connectivity index (χ0v) is 27.0. The second-order valence-electron chi connectivity index (χ2n) is 10.3. The second-order valence-corrected chi connectivity index (χ2v) is 14.6. The Morgan fingerprint density at radius 3 is 1.49 bits per heavy atom. The fourth-order valence-corrected chi connectivity index (χ4v) is 8.18. The van der Waals surface area contributed by atoms with E-state index in [1.165, 1.54) is 22.7 Å². The van der Waals surface area contributed by atoms with E-state index >= 15 is 0 Å². The van der Waals surface area contributed by atoms with Gasteiger partial charge in [-0.2, -0.15) is 65.9 Å². The fraction of sp³-hybridized carbons (Fsp3) is 0.393. The number of hydrogen-bond donors (Lipinski definition) is 1. The molecule has 0 unspecified atom stereocenters. The van der Waals surface area contributed by atoms with E-state index in [-0.39, 0.29) is 12.8 Å². The first-order chi connectivity index (χ1) is 22.4. The van der Waals surface area contributed by atoms with E-state index in [2.05, 4.69) is 0 Å². The highest BCUT2D eigenvalue weighted by atomic mass is 32.1. The molecule has 0 aliphatic heterocycles. The normalized spacial score (nSPS) is 14.0. The van der Waals surface area contributed by atoms with Gasteiger partial charge in [-0.05, 0) is 60.7 Å². The second kappa shape index (κ2) is 13.4. The first-order valence-electron chi connectivity index (χ1n) is 13.3. The highest BCUT2D eigenvalue weighted by molar-refractivity contribution is 7.28. The largest absolute Gasteiger partial charge is 0.460 e. The number of aryl methyl sites for hydroxylation is 1. The van der Waals surface area contributed by atoms with Gasteiger partial charge in [0.15, 0.2) is 0 Å². The van der Waals surface area contributed by atoms with Gasteiger partial charge < -0.3 is 5.32 Å².